The van der Waals surface area contributed by atoms with Gasteiger partial charge < -0.3 is 9.64 Å². The molecule has 0 radical (unpaired) electrons. The van der Waals surface area contributed by atoms with E-state index in [9.17, 15) is 4.79 Å². The summed E-state index contributed by atoms with van der Waals surface area (Å²) in [4.78, 5) is 25.2. The van der Waals surface area contributed by atoms with Crippen molar-refractivity contribution in [1.82, 2.24) is 19.8 Å². The van der Waals surface area contributed by atoms with Crippen molar-refractivity contribution in [3.05, 3.63) is 54.5 Å². The fourth-order valence-electron chi connectivity index (χ4n) is 4.04. The quantitative estimate of drug-likeness (QED) is 0.843. The second-order valence-corrected chi connectivity index (χ2v) is 7.38. The third-order valence-electron chi connectivity index (χ3n) is 5.64. The van der Waals surface area contributed by atoms with E-state index in [1.54, 1.807) is 30.7 Å². The number of aromatic nitrogens is 2. The molecule has 4 rings (SSSR count). The summed E-state index contributed by atoms with van der Waals surface area (Å²) in [6, 6.07) is 9.28. The fourth-order valence-corrected chi connectivity index (χ4v) is 4.04. The zero-order valence-electron chi connectivity index (χ0n) is 15.0. The van der Waals surface area contributed by atoms with Gasteiger partial charge in [0.2, 0.25) is 5.88 Å². The number of nitrogens with zero attached hydrogens (tertiary/aromatic N) is 4. The lowest BCUT2D eigenvalue weighted by molar-refractivity contribution is -0.0695. The lowest BCUT2D eigenvalue weighted by atomic mass is 9.75. The minimum Gasteiger partial charge on any atom is -0.477 e. The van der Waals surface area contributed by atoms with E-state index in [4.69, 9.17) is 4.74 Å². The molecule has 136 valence electrons. The molecule has 2 aromatic rings. The third-order valence-corrected chi connectivity index (χ3v) is 5.64. The minimum atomic E-state index is 0.0824. The molecule has 1 unspecified atom stereocenters. The van der Waals surface area contributed by atoms with Crippen molar-refractivity contribution in [1.29, 1.82) is 0 Å². The van der Waals surface area contributed by atoms with Gasteiger partial charge in [-0.25, -0.2) is 4.98 Å². The average Bonchev–Trinajstić information content (AvgIpc) is 2.67. The average molecular weight is 352 g/mol. The molecule has 1 amide bonds. The summed E-state index contributed by atoms with van der Waals surface area (Å²) in [7, 11) is 2.17. The van der Waals surface area contributed by atoms with Gasteiger partial charge in [0, 0.05) is 43.3 Å². The van der Waals surface area contributed by atoms with E-state index in [2.05, 4.69) is 21.9 Å². The Balaban J connectivity index is 1.35. The molecule has 6 heteroatoms. The zero-order valence-corrected chi connectivity index (χ0v) is 15.0. The lowest BCUT2D eigenvalue weighted by Gasteiger charge is -2.58. The first-order valence-electron chi connectivity index (χ1n) is 9.11. The van der Waals surface area contributed by atoms with Crippen molar-refractivity contribution in [3.63, 3.8) is 0 Å². The van der Waals surface area contributed by atoms with Crippen LogP contribution in [0.15, 0.2) is 48.9 Å². The van der Waals surface area contributed by atoms with Crippen LogP contribution in [-0.4, -0.2) is 64.5 Å². The van der Waals surface area contributed by atoms with E-state index < -0.39 is 0 Å². The lowest BCUT2D eigenvalue weighted by Crippen LogP contribution is -2.72. The normalized spacial score (nSPS) is 22.0. The molecule has 0 N–H and O–H groups in total. The van der Waals surface area contributed by atoms with Crippen LogP contribution >= 0.6 is 0 Å². The molecule has 2 aromatic heterocycles. The van der Waals surface area contributed by atoms with Gasteiger partial charge in [0.25, 0.3) is 5.91 Å². The van der Waals surface area contributed by atoms with Crippen LogP contribution in [0.2, 0.25) is 0 Å². The number of pyridine rings is 2. The molecule has 2 saturated heterocycles. The molecule has 4 heterocycles. The summed E-state index contributed by atoms with van der Waals surface area (Å²) < 4.78 is 5.87. The summed E-state index contributed by atoms with van der Waals surface area (Å²) in [6.45, 7) is 3.29. The topological polar surface area (TPSA) is 58.6 Å². The van der Waals surface area contributed by atoms with Gasteiger partial charge in [0.1, 0.15) is 0 Å². The molecule has 2 aliphatic heterocycles. The van der Waals surface area contributed by atoms with Gasteiger partial charge >= 0.3 is 0 Å². The van der Waals surface area contributed by atoms with Gasteiger partial charge in [-0.05, 0) is 50.6 Å². The van der Waals surface area contributed by atoms with Crippen LogP contribution in [0.5, 0.6) is 5.88 Å². The van der Waals surface area contributed by atoms with Crippen molar-refractivity contribution < 1.29 is 9.53 Å². The monoisotopic (exact) mass is 352 g/mol. The molecular weight excluding hydrogens is 328 g/mol. The van der Waals surface area contributed by atoms with E-state index in [0.29, 0.717) is 24.0 Å². The largest absolute Gasteiger partial charge is 0.477 e. The number of carbonyl (C=O) groups is 1. The van der Waals surface area contributed by atoms with Crippen molar-refractivity contribution >= 4 is 5.91 Å². The van der Waals surface area contributed by atoms with Crippen LogP contribution in [0.25, 0.3) is 0 Å². The Labute approximate surface area is 153 Å². The molecule has 2 fully saturated rings. The SMILES string of the molecule is CN1CCC(COc2ccccn2)CC12CN(C(=O)c1ccncc1)C2. The number of hydrogen-bond donors (Lipinski definition) is 0. The van der Waals surface area contributed by atoms with Crippen molar-refractivity contribution in [3.8, 4) is 5.88 Å². The second kappa shape index (κ2) is 7.03. The van der Waals surface area contributed by atoms with Gasteiger partial charge in [-0.3, -0.25) is 14.7 Å². The molecule has 0 bridgehead atoms. The summed E-state index contributed by atoms with van der Waals surface area (Å²) in [5.41, 5.74) is 0.794. The molecule has 1 atom stereocenters. The molecule has 2 aliphatic rings. The molecule has 26 heavy (non-hydrogen) atoms. The number of piperidine rings is 1. The Morgan fingerprint density at radius 1 is 1.23 bits per heavy atom. The molecular formula is C20H24N4O2. The number of amides is 1. The summed E-state index contributed by atoms with van der Waals surface area (Å²) in [5, 5.41) is 0. The van der Waals surface area contributed by atoms with Gasteiger partial charge in [-0.2, -0.15) is 0 Å². The molecule has 0 aliphatic carbocycles. The predicted molar refractivity (Wildman–Crippen MR) is 98.0 cm³/mol. The number of hydrogen-bond acceptors (Lipinski definition) is 5. The van der Waals surface area contributed by atoms with Gasteiger partial charge in [-0.1, -0.05) is 6.07 Å². The Kier molecular flexibility index (Phi) is 4.59. The van der Waals surface area contributed by atoms with E-state index >= 15 is 0 Å². The van der Waals surface area contributed by atoms with Crippen LogP contribution in [0.4, 0.5) is 0 Å². The van der Waals surface area contributed by atoms with Gasteiger partial charge in [-0.15, -0.1) is 0 Å². The van der Waals surface area contributed by atoms with Gasteiger partial charge in [0.15, 0.2) is 0 Å². The van der Waals surface area contributed by atoms with E-state index in [1.165, 1.54) is 0 Å². The number of carbonyl (C=O) groups excluding carboxylic acids is 1. The minimum absolute atomic E-state index is 0.0824. The van der Waals surface area contributed by atoms with E-state index in [-0.39, 0.29) is 11.4 Å². The fraction of sp³-hybridized carbons (Fsp3) is 0.450. The first-order chi connectivity index (χ1) is 12.7. The molecule has 0 saturated carbocycles. The van der Waals surface area contributed by atoms with Crippen LogP contribution in [0.1, 0.15) is 23.2 Å². The maximum atomic E-state index is 12.6. The maximum absolute atomic E-state index is 12.6. The van der Waals surface area contributed by atoms with Gasteiger partial charge in [0.05, 0.1) is 12.1 Å². The molecule has 6 nitrogen and oxygen atoms in total. The first-order valence-corrected chi connectivity index (χ1v) is 9.11. The number of ether oxygens (including phenoxy) is 1. The van der Waals surface area contributed by atoms with Crippen LogP contribution in [-0.2, 0) is 0 Å². The number of likely N-dealkylation sites (tertiary alicyclic amines) is 2. The summed E-state index contributed by atoms with van der Waals surface area (Å²) in [6.07, 6.45) is 7.25. The second-order valence-electron chi connectivity index (χ2n) is 7.38. The Morgan fingerprint density at radius 3 is 2.77 bits per heavy atom. The molecule has 1 spiro atoms. The smallest absolute Gasteiger partial charge is 0.254 e. The van der Waals surface area contributed by atoms with Crippen molar-refractivity contribution in [2.24, 2.45) is 5.92 Å². The van der Waals surface area contributed by atoms with Crippen molar-refractivity contribution in [2.45, 2.75) is 18.4 Å². The predicted octanol–water partition coefficient (Wildman–Crippen LogP) is 2.09. The standard InChI is InChI=1S/C20H24N4O2/c1-23-11-7-16(13-26-18-4-2-3-8-22-18)12-20(23)14-24(15-20)19(25)17-5-9-21-10-6-17/h2-6,8-10,16H,7,11-15H2,1H3. The third kappa shape index (κ3) is 3.29. The summed E-state index contributed by atoms with van der Waals surface area (Å²) >= 11 is 0. The highest BCUT2D eigenvalue weighted by Crippen LogP contribution is 2.38. The highest BCUT2D eigenvalue weighted by Gasteiger charge is 2.51. The van der Waals surface area contributed by atoms with Crippen LogP contribution < -0.4 is 4.74 Å². The Bertz CT molecular complexity index is 747. The zero-order chi connectivity index (χ0) is 18.0. The van der Waals surface area contributed by atoms with E-state index in [0.717, 1.165) is 32.5 Å². The highest BCUT2D eigenvalue weighted by molar-refractivity contribution is 5.94. The van der Waals surface area contributed by atoms with E-state index in [1.807, 2.05) is 23.1 Å². The van der Waals surface area contributed by atoms with Crippen LogP contribution in [0, 0.1) is 5.92 Å². The summed E-state index contributed by atoms with van der Waals surface area (Å²) in [5.74, 6) is 1.27. The van der Waals surface area contributed by atoms with Crippen molar-refractivity contribution in [2.75, 3.05) is 33.3 Å². The molecule has 0 aromatic carbocycles. The maximum Gasteiger partial charge on any atom is 0.254 e. The highest BCUT2D eigenvalue weighted by atomic mass is 16.5. The van der Waals surface area contributed by atoms with Crippen LogP contribution in [0.3, 0.4) is 0 Å². The Morgan fingerprint density at radius 2 is 2.04 bits per heavy atom. The number of rotatable bonds is 4. The Hall–Kier alpha value is -2.47. The number of likely N-dealkylation sites (N-methyl/N-ethyl adjacent to an activating group) is 1. The first kappa shape index (κ1) is 17.0.